The second-order valence-electron chi connectivity index (χ2n) is 8.40. The van der Waals surface area contributed by atoms with Gasteiger partial charge in [-0.15, -0.1) is 0 Å². The fourth-order valence-corrected chi connectivity index (χ4v) is 4.70. The zero-order valence-electron chi connectivity index (χ0n) is 18.0. The van der Waals surface area contributed by atoms with E-state index in [2.05, 4.69) is 12.1 Å². The number of fused-ring (bicyclic) bond motifs is 1. The Morgan fingerprint density at radius 2 is 1.84 bits per heavy atom. The highest BCUT2D eigenvalue weighted by Crippen LogP contribution is 2.27. The van der Waals surface area contributed by atoms with Crippen molar-refractivity contribution in [2.75, 3.05) is 19.7 Å². The summed E-state index contributed by atoms with van der Waals surface area (Å²) in [6.07, 6.45) is 3.65. The smallest absolute Gasteiger partial charge is 0.245 e. The zero-order chi connectivity index (χ0) is 21.8. The summed E-state index contributed by atoms with van der Waals surface area (Å²) < 4.78 is 5.84. The van der Waals surface area contributed by atoms with Crippen LogP contribution in [0.3, 0.4) is 0 Å². The molecular formula is C25H29ClN2O3. The fourth-order valence-electron chi connectivity index (χ4n) is 4.48. The van der Waals surface area contributed by atoms with Crippen LogP contribution in [0.1, 0.15) is 42.4 Å². The lowest BCUT2D eigenvalue weighted by Crippen LogP contribution is -2.53. The maximum Gasteiger partial charge on any atom is 0.245 e. The minimum Gasteiger partial charge on any atom is -0.493 e. The molecule has 2 aliphatic heterocycles. The SMILES string of the molecule is Cc1cc(Cl)ccc1OCCCC(=O)N1Cc2ccccc2C[C@H]1C(=O)N1CCCC1. The van der Waals surface area contributed by atoms with E-state index in [0.717, 1.165) is 42.8 Å². The van der Waals surface area contributed by atoms with Crippen molar-refractivity contribution in [3.8, 4) is 5.75 Å². The topological polar surface area (TPSA) is 49.9 Å². The summed E-state index contributed by atoms with van der Waals surface area (Å²) in [6, 6.07) is 13.2. The van der Waals surface area contributed by atoms with Crippen LogP contribution in [0, 0.1) is 6.92 Å². The molecule has 1 saturated heterocycles. The Kier molecular flexibility index (Phi) is 6.81. The van der Waals surface area contributed by atoms with Crippen LogP contribution in [-0.2, 0) is 22.6 Å². The molecule has 0 N–H and O–H groups in total. The van der Waals surface area contributed by atoms with Crippen LogP contribution >= 0.6 is 11.6 Å². The van der Waals surface area contributed by atoms with Gasteiger partial charge in [-0.25, -0.2) is 0 Å². The molecular weight excluding hydrogens is 412 g/mol. The molecule has 31 heavy (non-hydrogen) atoms. The first-order chi connectivity index (χ1) is 15.0. The van der Waals surface area contributed by atoms with Gasteiger partial charge in [0, 0.05) is 37.5 Å². The van der Waals surface area contributed by atoms with E-state index in [1.54, 1.807) is 11.0 Å². The molecule has 0 radical (unpaired) electrons. The van der Waals surface area contributed by atoms with Crippen LogP contribution in [-0.4, -0.2) is 47.4 Å². The van der Waals surface area contributed by atoms with E-state index in [-0.39, 0.29) is 11.8 Å². The number of rotatable bonds is 6. The highest BCUT2D eigenvalue weighted by Gasteiger charge is 2.37. The van der Waals surface area contributed by atoms with Gasteiger partial charge in [-0.3, -0.25) is 9.59 Å². The second kappa shape index (κ2) is 9.73. The summed E-state index contributed by atoms with van der Waals surface area (Å²) >= 11 is 5.99. The first kappa shape index (κ1) is 21.7. The Bertz CT molecular complexity index is 956. The van der Waals surface area contributed by atoms with Crippen molar-refractivity contribution in [1.29, 1.82) is 0 Å². The molecule has 4 rings (SSSR count). The third-order valence-corrected chi connectivity index (χ3v) is 6.44. The molecule has 164 valence electrons. The van der Waals surface area contributed by atoms with Crippen LogP contribution in [0.15, 0.2) is 42.5 Å². The second-order valence-corrected chi connectivity index (χ2v) is 8.84. The minimum absolute atomic E-state index is 0.0171. The zero-order valence-corrected chi connectivity index (χ0v) is 18.7. The number of benzene rings is 2. The number of nitrogens with zero attached hydrogens (tertiary/aromatic N) is 2. The normalized spacial score (nSPS) is 18.1. The van der Waals surface area contributed by atoms with Crippen molar-refractivity contribution in [3.63, 3.8) is 0 Å². The lowest BCUT2D eigenvalue weighted by Gasteiger charge is -2.38. The molecule has 2 aromatic rings. The van der Waals surface area contributed by atoms with Gasteiger partial charge in [0.1, 0.15) is 11.8 Å². The van der Waals surface area contributed by atoms with E-state index < -0.39 is 6.04 Å². The number of hydrogen-bond acceptors (Lipinski definition) is 3. The number of likely N-dealkylation sites (tertiary alicyclic amines) is 1. The molecule has 0 spiro atoms. The van der Waals surface area contributed by atoms with Crippen LogP contribution in [0.5, 0.6) is 5.75 Å². The molecule has 5 nitrogen and oxygen atoms in total. The maximum atomic E-state index is 13.2. The number of carbonyl (C=O) groups excluding carboxylic acids is 2. The Hall–Kier alpha value is -2.53. The van der Waals surface area contributed by atoms with Crippen molar-refractivity contribution < 1.29 is 14.3 Å². The standard InChI is InChI=1S/C25H29ClN2O3/c1-18-15-21(26)10-11-23(18)31-14-6-9-24(29)28-17-20-8-3-2-7-19(20)16-22(28)25(30)27-12-4-5-13-27/h2-3,7-8,10-11,15,22H,4-6,9,12-14,16-17H2,1H3/t22-/m0/s1. The van der Waals surface area contributed by atoms with E-state index >= 15 is 0 Å². The summed E-state index contributed by atoms with van der Waals surface area (Å²) in [5.41, 5.74) is 3.28. The van der Waals surface area contributed by atoms with Gasteiger partial charge in [0.15, 0.2) is 0 Å². The molecule has 6 heteroatoms. The van der Waals surface area contributed by atoms with Crippen molar-refractivity contribution in [2.24, 2.45) is 0 Å². The molecule has 2 heterocycles. The summed E-state index contributed by atoms with van der Waals surface area (Å²) in [5, 5.41) is 0.680. The third kappa shape index (κ3) is 5.04. The van der Waals surface area contributed by atoms with E-state index in [4.69, 9.17) is 16.3 Å². The predicted molar refractivity (Wildman–Crippen MR) is 121 cm³/mol. The molecule has 2 aromatic carbocycles. The van der Waals surface area contributed by atoms with Crippen molar-refractivity contribution in [3.05, 3.63) is 64.2 Å². The molecule has 0 bridgehead atoms. The average molecular weight is 441 g/mol. The Balaban J connectivity index is 1.39. The Labute approximate surface area is 188 Å². The third-order valence-electron chi connectivity index (χ3n) is 6.20. The molecule has 0 saturated carbocycles. The fraction of sp³-hybridized carbons (Fsp3) is 0.440. The van der Waals surface area contributed by atoms with E-state index in [1.807, 2.05) is 36.1 Å². The largest absolute Gasteiger partial charge is 0.493 e. The number of halogens is 1. The first-order valence-corrected chi connectivity index (χ1v) is 11.4. The maximum absolute atomic E-state index is 13.2. The van der Waals surface area contributed by atoms with Gasteiger partial charge in [-0.1, -0.05) is 35.9 Å². The van der Waals surface area contributed by atoms with Crippen LogP contribution in [0.4, 0.5) is 0 Å². The quantitative estimate of drug-likeness (QED) is 0.626. The molecule has 2 amide bonds. The van der Waals surface area contributed by atoms with Crippen molar-refractivity contribution in [1.82, 2.24) is 9.80 Å². The van der Waals surface area contributed by atoms with Crippen LogP contribution in [0.25, 0.3) is 0 Å². The van der Waals surface area contributed by atoms with Gasteiger partial charge in [0.25, 0.3) is 0 Å². The summed E-state index contributed by atoms with van der Waals surface area (Å²) in [7, 11) is 0. The molecule has 0 unspecified atom stereocenters. The molecule has 0 aliphatic carbocycles. The number of carbonyl (C=O) groups is 2. The van der Waals surface area contributed by atoms with E-state index in [1.165, 1.54) is 5.56 Å². The highest BCUT2D eigenvalue weighted by molar-refractivity contribution is 6.30. The van der Waals surface area contributed by atoms with Gasteiger partial charge in [0.2, 0.25) is 11.8 Å². The highest BCUT2D eigenvalue weighted by atomic mass is 35.5. The lowest BCUT2D eigenvalue weighted by molar-refractivity contribution is -0.146. The minimum atomic E-state index is -0.403. The van der Waals surface area contributed by atoms with Gasteiger partial charge >= 0.3 is 0 Å². The predicted octanol–water partition coefficient (Wildman–Crippen LogP) is 4.38. The van der Waals surface area contributed by atoms with Gasteiger partial charge < -0.3 is 14.5 Å². The summed E-state index contributed by atoms with van der Waals surface area (Å²) in [6.45, 7) is 4.49. The van der Waals surface area contributed by atoms with E-state index in [9.17, 15) is 9.59 Å². The molecule has 1 atom stereocenters. The summed E-state index contributed by atoms with van der Waals surface area (Å²) in [5.74, 6) is 0.891. The van der Waals surface area contributed by atoms with Gasteiger partial charge in [0.05, 0.1) is 6.61 Å². The number of amides is 2. The molecule has 0 aromatic heterocycles. The summed E-state index contributed by atoms with van der Waals surface area (Å²) in [4.78, 5) is 30.1. The average Bonchev–Trinajstić information content (AvgIpc) is 3.31. The van der Waals surface area contributed by atoms with Crippen LogP contribution in [0.2, 0.25) is 5.02 Å². The number of aryl methyl sites for hydroxylation is 1. The van der Waals surface area contributed by atoms with Crippen molar-refractivity contribution >= 4 is 23.4 Å². The van der Waals surface area contributed by atoms with Crippen molar-refractivity contribution in [2.45, 2.75) is 51.6 Å². The Morgan fingerprint density at radius 3 is 2.58 bits per heavy atom. The van der Waals surface area contributed by atoms with Gasteiger partial charge in [-0.05, 0) is 61.1 Å². The van der Waals surface area contributed by atoms with Gasteiger partial charge in [-0.2, -0.15) is 0 Å². The first-order valence-electron chi connectivity index (χ1n) is 11.1. The lowest BCUT2D eigenvalue weighted by atomic mass is 9.92. The number of ether oxygens (including phenoxy) is 1. The number of hydrogen-bond donors (Lipinski definition) is 0. The van der Waals surface area contributed by atoms with Crippen LogP contribution < -0.4 is 4.74 Å². The molecule has 1 fully saturated rings. The molecule has 2 aliphatic rings. The monoisotopic (exact) mass is 440 g/mol. The Morgan fingerprint density at radius 1 is 1.10 bits per heavy atom. The van der Waals surface area contributed by atoms with E-state index in [0.29, 0.717) is 37.4 Å².